The Kier molecular flexibility index (Phi) is 6.76. The average Bonchev–Trinajstić information content (AvgIpc) is 2.69. The summed E-state index contributed by atoms with van der Waals surface area (Å²) in [6.45, 7) is 7.78. The van der Waals surface area contributed by atoms with Crippen molar-refractivity contribution in [3.05, 3.63) is 84.4 Å². The summed E-state index contributed by atoms with van der Waals surface area (Å²) in [5.74, 6) is 0.0173. The third-order valence-electron chi connectivity index (χ3n) is 5.21. The Morgan fingerprint density at radius 3 is 2.08 bits per heavy atom. The van der Waals surface area contributed by atoms with Crippen LogP contribution in [0, 0.1) is 5.41 Å². The fraction of sp³-hybridized carbons (Fsp3) is 0.348. The van der Waals surface area contributed by atoms with Gasteiger partial charge in [-0.3, -0.25) is 4.79 Å². The number of nitrogens with zero attached hydrogens (tertiary/aromatic N) is 1. The highest BCUT2D eigenvalue weighted by atomic mass is 16.3. The number of carbonyl (C=O) groups is 1. The van der Waals surface area contributed by atoms with Gasteiger partial charge in [0.2, 0.25) is 5.91 Å². The molecule has 0 unspecified atom stereocenters. The lowest BCUT2D eigenvalue weighted by molar-refractivity contribution is -0.145. The fourth-order valence-corrected chi connectivity index (χ4v) is 3.35. The van der Waals surface area contributed by atoms with Crippen LogP contribution in [0.2, 0.25) is 0 Å². The van der Waals surface area contributed by atoms with E-state index in [0.29, 0.717) is 12.8 Å². The minimum atomic E-state index is -0.808. The van der Waals surface area contributed by atoms with Crippen LogP contribution in [0.15, 0.2) is 73.3 Å². The van der Waals surface area contributed by atoms with Gasteiger partial charge in [0, 0.05) is 12.5 Å². The lowest BCUT2D eigenvalue weighted by atomic mass is 9.81. The number of amides is 1. The molecule has 0 aromatic heterocycles. The van der Waals surface area contributed by atoms with Crippen LogP contribution in [0.1, 0.15) is 50.0 Å². The molecule has 1 N–H and O–H groups in total. The zero-order chi connectivity index (χ0) is 19.2. The van der Waals surface area contributed by atoms with Crippen LogP contribution in [0.4, 0.5) is 0 Å². The number of benzene rings is 2. The van der Waals surface area contributed by atoms with Crippen molar-refractivity contribution in [2.75, 3.05) is 7.05 Å². The van der Waals surface area contributed by atoms with Crippen LogP contribution in [-0.2, 0) is 4.79 Å². The Morgan fingerprint density at radius 2 is 1.62 bits per heavy atom. The van der Waals surface area contributed by atoms with Crippen molar-refractivity contribution in [1.82, 2.24) is 4.90 Å². The third-order valence-corrected chi connectivity index (χ3v) is 5.21. The van der Waals surface area contributed by atoms with E-state index < -0.39 is 17.6 Å². The van der Waals surface area contributed by atoms with Crippen LogP contribution in [0.5, 0.6) is 0 Å². The minimum absolute atomic E-state index is 0.0173. The number of carbonyl (C=O) groups excluding carboxylic acids is 1. The molecular weight excluding hydrogens is 322 g/mol. The molecule has 0 radical (unpaired) electrons. The summed E-state index contributed by atoms with van der Waals surface area (Å²) in [7, 11) is 1.78. The van der Waals surface area contributed by atoms with Crippen molar-refractivity contribution in [3.63, 3.8) is 0 Å². The second-order valence-electron chi connectivity index (χ2n) is 7.03. The number of hydrogen-bond acceptors (Lipinski definition) is 2. The minimum Gasteiger partial charge on any atom is -0.386 e. The molecule has 0 bridgehead atoms. The maximum atomic E-state index is 13.3. The van der Waals surface area contributed by atoms with Crippen LogP contribution in [0.25, 0.3) is 0 Å². The molecule has 2 aromatic carbocycles. The molecule has 0 saturated heterocycles. The van der Waals surface area contributed by atoms with Crippen LogP contribution in [0.3, 0.4) is 0 Å². The third kappa shape index (κ3) is 4.23. The molecule has 0 aliphatic carbocycles. The fourth-order valence-electron chi connectivity index (χ4n) is 3.35. The first-order valence-corrected chi connectivity index (χ1v) is 9.10. The highest BCUT2D eigenvalue weighted by Crippen LogP contribution is 2.37. The molecular formula is C23H29NO2. The number of allylic oxidation sites excluding steroid dienone is 1. The molecule has 0 heterocycles. The molecule has 3 heteroatoms. The average molecular weight is 351 g/mol. The molecule has 2 aromatic rings. The van der Waals surface area contributed by atoms with Crippen molar-refractivity contribution in [3.8, 4) is 0 Å². The van der Waals surface area contributed by atoms with Crippen LogP contribution >= 0.6 is 0 Å². The monoisotopic (exact) mass is 351 g/mol. The number of rotatable bonds is 8. The predicted octanol–water partition coefficient (Wildman–Crippen LogP) is 4.91. The molecule has 3 nitrogen and oxygen atoms in total. The summed E-state index contributed by atoms with van der Waals surface area (Å²) >= 11 is 0. The lowest BCUT2D eigenvalue weighted by Crippen LogP contribution is -2.43. The first kappa shape index (κ1) is 19.9. The van der Waals surface area contributed by atoms with E-state index in [1.54, 1.807) is 18.0 Å². The molecule has 26 heavy (non-hydrogen) atoms. The smallest absolute Gasteiger partial charge is 0.229 e. The molecule has 3 atom stereocenters. The van der Waals surface area contributed by atoms with E-state index in [1.165, 1.54) is 0 Å². The van der Waals surface area contributed by atoms with Crippen molar-refractivity contribution >= 4 is 5.91 Å². The summed E-state index contributed by atoms with van der Waals surface area (Å²) < 4.78 is 0. The van der Waals surface area contributed by atoms with Gasteiger partial charge in [-0.2, -0.15) is 0 Å². The molecule has 138 valence electrons. The Hall–Kier alpha value is -2.39. The lowest BCUT2D eigenvalue weighted by Gasteiger charge is -2.38. The van der Waals surface area contributed by atoms with E-state index in [-0.39, 0.29) is 5.91 Å². The molecule has 2 rings (SSSR count). The van der Waals surface area contributed by atoms with Gasteiger partial charge in [-0.05, 0) is 24.0 Å². The molecule has 0 aliphatic heterocycles. The van der Waals surface area contributed by atoms with Crippen molar-refractivity contribution in [1.29, 1.82) is 0 Å². The molecule has 0 saturated carbocycles. The quantitative estimate of drug-likeness (QED) is 0.686. The molecule has 0 fully saturated rings. The Balaban J connectivity index is 2.44. The highest BCUT2D eigenvalue weighted by Gasteiger charge is 2.38. The predicted molar refractivity (Wildman–Crippen MR) is 107 cm³/mol. The highest BCUT2D eigenvalue weighted by molar-refractivity contribution is 5.82. The standard InChI is InChI=1S/C23H29NO2/c1-5-17-23(3,6-2)22(26)24(4)20(18-13-9-7-10-14-18)21(25)19-15-11-8-12-16-19/h5,7-16,20-21,25H,1,6,17H2,2-4H3/t20-,21-,23+/m0/s1. The maximum absolute atomic E-state index is 13.3. The Labute approximate surface area is 157 Å². The van der Waals surface area contributed by atoms with Gasteiger partial charge in [-0.1, -0.05) is 80.6 Å². The topological polar surface area (TPSA) is 40.5 Å². The largest absolute Gasteiger partial charge is 0.386 e. The van der Waals surface area contributed by atoms with Crippen LogP contribution < -0.4 is 0 Å². The van der Waals surface area contributed by atoms with E-state index >= 15 is 0 Å². The Bertz CT molecular complexity index is 714. The summed E-state index contributed by atoms with van der Waals surface area (Å²) in [6.07, 6.45) is 2.30. The van der Waals surface area contributed by atoms with Gasteiger partial charge in [0.05, 0.1) is 6.04 Å². The summed E-state index contributed by atoms with van der Waals surface area (Å²) in [5, 5.41) is 11.1. The zero-order valence-electron chi connectivity index (χ0n) is 15.9. The Morgan fingerprint density at radius 1 is 1.12 bits per heavy atom. The van der Waals surface area contributed by atoms with Gasteiger partial charge in [0.15, 0.2) is 0 Å². The number of aliphatic hydroxyl groups excluding tert-OH is 1. The van der Waals surface area contributed by atoms with Gasteiger partial charge >= 0.3 is 0 Å². The SMILES string of the molecule is C=CC[C@@](C)(CC)C(=O)N(C)[C@@H](c1ccccc1)[C@@H](O)c1ccccc1. The van der Waals surface area contributed by atoms with E-state index in [2.05, 4.69) is 6.58 Å². The zero-order valence-corrected chi connectivity index (χ0v) is 15.9. The number of aliphatic hydroxyl groups is 1. The van der Waals surface area contributed by atoms with E-state index in [4.69, 9.17) is 0 Å². The molecule has 1 amide bonds. The summed E-state index contributed by atoms with van der Waals surface area (Å²) in [4.78, 5) is 15.0. The maximum Gasteiger partial charge on any atom is 0.229 e. The van der Waals surface area contributed by atoms with Crippen LogP contribution in [-0.4, -0.2) is 23.0 Å². The van der Waals surface area contributed by atoms with E-state index in [9.17, 15) is 9.90 Å². The molecule has 0 spiro atoms. The van der Waals surface area contributed by atoms with Crippen molar-refractivity contribution in [2.24, 2.45) is 5.41 Å². The normalized spacial score (nSPS) is 15.5. The van der Waals surface area contributed by atoms with Gasteiger partial charge < -0.3 is 10.0 Å². The first-order valence-electron chi connectivity index (χ1n) is 9.10. The number of likely N-dealkylation sites (N-methyl/N-ethyl adjacent to an activating group) is 1. The van der Waals surface area contributed by atoms with Gasteiger partial charge in [0.25, 0.3) is 0 Å². The molecule has 0 aliphatic rings. The van der Waals surface area contributed by atoms with Gasteiger partial charge in [0.1, 0.15) is 6.10 Å². The van der Waals surface area contributed by atoms with Gasteiger partial charge in [-0.15, -0.1) is 6.58 Å². The van der Waals surface area contributed by atoms with E-state index in [1.807, 2.05) is 74.5 Å². The summed E-state index contributed by atoms with van der Waals surface area (Å²) in [6, 6.07) is 18.8. The second kappa shape index (κ2) is 8.81. The van der Waals surface area contributed by atoms with E-state index in [0.717, 1.165) is 11.1 Å². The second-order valence-corrected chi connectivity index (χ2v) is 7.03. The van der Waals surface area contributed by atoms with Crippen molar-refractivity contribution < 1.29 is 9.90 Å². The number of hydrogen-bond donors (Lipinski definition) is 1. The summed E-state index contributed by atoms with van der Waals surface area (Å²) in [5.41, 5.74) is 1.18. The van der Waals surface area contributed by atoms with Crippen molar-refractivity contribution in [2.45, 2.75) is 38.8 Å². The van der Waals surface area contributed by atoms with Gasteiger partial charge in [-0.25, -0.2) is 0 Å². The first-order chi connectivity index (χ1) is 12.4.